The van der Waals surface area contributed by atoms with E-state index in [0.29, 0.717) is 6.92 Å². The Hall–Kier alpha value is -2.16. The lowest BCUT2D eigenvalue weighted by atomic mass is 10.1. The van der Waals surface area contributed by atoms with Crippen LogP contribution in [0.4, 0.5) is 46.5 Å². The molecule has 0 aliphatic rings. The minimum absolute atomic E-state index is 0.514. The lowest BCUT2D eigenvalue weighted by Gasteiger charge is -2.45. The maximum atomic E-state index is 14.9. The number of benzene rings is 2. The number of rotatable bonds is 5. The highest BCUT2D eigenvalue weighted by Crippen LogP contribution is 2.57. The van der Waals surface area contributed by atoms with Gasteiger partial charge in [-0.2, -0.15) is 30.8 Å². The Bertz CT molecular complexity index is 686. The standard InChI is InChI=1S/C17H14F8N/c1-12(18)26(13-8-4-2-5-9-13,14-10-6-3-7-11-14)17(24,25)15(19,20)16(21,22)23/h2-12H,1H3/q+1. The first-order valence-electron chi connectivity index (χ1n) is 7.37. The Labute approximate surface area is 144 Å². The lowest BCUT2D eigenvalue weighted by Crippen LogP contribution is -2.71. The molecule has 0 bridgehead atoms. The van der Waals surface area contributed by atoms with Gasteiger partial charge in [-0.3, -0.25) is 0 Å². The molecule has 1 nitrogen and oxygen atoms in total. The number of hydrogen-bond acceptors (Lipinski definition) is 0. The summed E-state index contributed by atoms with van der Waals surface area (Å²) in [5.74, 6) is -6.49. The van der Waals surface area contributed by atoms with Crippen molar-refractivity contribution in [3.05, 3.63) is 60.7 Å². The van der Waals surface area contributed by atoms with Gasteiger partial charge in [-0.1, -0.05) is 36.4 Å². The molecule has 1 unspecified atom stereocenters. The number of alkyl halides is 8. The zero-order chi connectivity index (χ0) is 19.8. The molecule has 26 heavy (non-hydrogen) atoms. The minimum atomic E-state index is -6.58. The summed E-state index contributed by atoms with van der Waals surface area (Å²) in [6.45, 7) is 0.514. The van der Waals surface area contributed by atoms with Crippen LogP contribution < -0.4 is 4.48 Å². The van der Waals surface area contributed by atoms with Crippen LogP contribution in [-0.4, -0.2) is 24.4 Å². The highest BCUT2D eigenvalue weighted by Gasteiger charge is 2.84. The van der Waals surface area contributed by atoms with E-state index in [2.05, 4.69) is 0 Å². The van der Waals surface area contributed by atoms with Gasteiger partial charge in [-0.15, -0.1) is 8.78 Å². The van der Waals surface area contributed by atoms with Gasteiger partial charge in [0, 0.05) is 6.92 Å². The van der Waals surface area contributed by atoms with Crippen LogP contribution in [0.15, 0.2) is 60.7 Å². The summed E-state index contributed by atoms with van der Waals surface area (Å²) in [5.41, 5.74) is -1.50. The monoisotopic (exact) mass is 384 g/mol. The van der Waals surface area contributed by atoms with Crippen molar-refractivity contribution in [1.82, 2.24) is 4.48 Å². The van der Waals surface area contributed by atoms with E-state index in [1.165, 1.54) is 12.1 Å². The number of hydrogen-bond donors (Lipinski definition) is 0. The van der Waals surface area contributed by atoms with Gasteiger partial charge in [0.05, 0.1) is 0 Å². The zero-order valence-corrected chi connectivity index (χ0v) is 13.3. The molecule has 0 fully saturated rings. The second-order valence-corrected chi connectivity index (χ2v) is 5.58. The fourth-order valence-corrected chi connectivity index (χ4v) is 2.83. The molecule has 2 rings (SSSR count). The van der Waals surface area contributed by atoms with Gasteiger partial charge >= 0.3 is 18.1 Å². The van der Waals surface area contributed by atoms with Crippen LogP contribution in [0.3, 0.4) is 0 Å². The van der Waals surface area contributed by atoms with Gasteiger partial charge in [0.1, 0.15) is 11.4 Å². The van der Waals surface area contributed by atoms with Gasteiger partial charge < -0.3 is 0 Å². The molecule has 0 N–H and O–H groups in total. The van der Waals surface area contributed by atoms with Crippen molar-refractivity contribution in [2.45, 2.75) is 31.4 Å². The van der Waals surface area contributed by atoms with Gasteiger partial charge in [0.2, 0.25) is 6.30 Å². The minimum Gasteiger partial charge on any atom is -0.185 e. The van der Waals surface area contributed by atoms with Crippen LogP contribution in [0.1, 0.15) is 6.92 Å². The molecule has 2 aromatic carbocycles. The second-order valence-electron chi connectivity index (χ2n) is 5.58. The first-order chi connectivity index (χ1) is 11.9. The summed E-state index contributed by atoms with van der Waals surface area (Å²) in [5, 5.41) is 0. The van der Waals surface area contributed by atoms with Crippen LogP contribution in [0, 0.1) is 0 Å². The molecular formula is C17H14F8N+. The predicted molar refractivity (Wildman–Crippen MR) is 80.9 cm³/mol. The molecule has 2 aromatic rings. The summed E-state index contributed by atoms with van der Waals surface area (Å²) >= 11 is 0. The van der Waals surface area contributed by atoms with E-state index >= 15 is 0 Å². The second kappa shape index (κ2) is 6.53. The van der Waals surface area contributed by atoms with E-state index in [0.717, 1.165) is 48.5 Å². The quantitative estimate of drug-likeness (QED) is 0.317. The van der Waals surface area contributed by atoms with Gasteiger partial charge in [0.25, 0.3) is 0 Å². The SMILES string of the molecule is CC(F)[N+](c1ccccc1)(c1ccccc1)C(F)(F)C(F)(F)C(F)(F)F. The number of quaternary nitrogens is 1. The number of para-hydroxylation sites is 2. The maximum Gasteiger partial charge on any atom is 0.476 e. The van der Waals surface area contributed by atoms with Crippen molar-refractivity contribution in [1.29, 1.82) is 0 Å². The first-order valence-corrected chi connectivity index (χ1v) is 7.37. The largest absolute Gasteiger partial charge is 0.476 e. The summed E-state index contributed by atoms with van der Waals surface area (Å²) in [4.78, 5) is 0. The Balaban J connectivity index is 2.93. The first kappa shape index (κ1) is 20.2. The van der Waals surface area contributed by atoms with Crippen molar-refractivity contribution in [2.75, 3.05) is 0 Å². The van der Waals surface area contributed by atoms with E-state index < -0.39 is 40.3 Å². The Morgan fingerprint density at radius 2 is 1.04 bits per heavy atom. The molecule has 0 heterocycles. The molecule has 0 aromatic heterocycles. The summed E-state index contributed by atoms with van der Waals surface area (Å²) in [7, 11) is 0. The third-order valence-electron chi connectivity index (χ3n) is 4.04. The molecular weight excluding hydrogens is 370 g/mol. The van der Waals surface area contributed by atoms with Crippen LogP contribution >= 0.6 is 0 Å². The van der Waals surface area contributed by atoms with Crippen LogP contribution in [0.25, 0.3) is 0 Å². The van der Waals surface area contributed by atoms with Crippen LogP contribution in [0.5, 0.6) is 0 Å². The van der Waals surface area contributed by atoms with E-state index in [1.807, 2.05) is 0 Å². The van der Waals surface area contributed by atoms with Crippen molar-refractivity contribution in [3.8, 4) is 0 Å². The van der Waals surface area contributed by atoms with Crippen molar-refractivity contribution >= 4 is 11.4 Å². The Morgan fingerprint density at radius 1 is 0.692 bits per heavy atom. The molecule has 9 heteroatoms. The smallest absolute Gasteiger partial charge is 0.185 e. The van der Waals surface area contributed by atoms with E-state index in [-0.39, 0.29) is 0 Å². The average molecular weight is 384 g/mol. The van der Waals surface area contributed by atoms with Crippen molar-refractivity contribution in [2.24, 2.45) is 0 Å². The van der Waals surface area contributed by atoms with Gasteiger partial charge in [-0.25, -0.2) is 0 Å². The molecule has 1 atom stereocenters. The Kier molecular flexibility index (Phi) is 5.06. The summed E-state index contributed by atoms with van der Waals surface area (Å²) in [6.07, 6.45) is -9.42. The molecule has 0 aliphatic carbocycles. The fourth-order valence-electron chi connectivity index (χ4n) is 2.83. The number of nitrogens with zero attached hydrogens (tertiary/aromatic N) is 1. The van der Waals surface area contributed by atoms with Crippen LogP contribution in [-0.2, 0) is 0 Å². The summed E-state index contributed by atoms with van der Waals surface area (Å²) in [6, 6.07) is 4.91. The third-order valence-corrected chi connectivity index (χ3v) is 4.04. The highest BCUT2D eigenvalue weighted by molar-refractivity contribution is 5.60. The molecule has 0 amide bonds. The summed E-state index contributed by atoms with van der Waals surface area (Å²) < 4.78 is 108. The molecule has 0 radical (unpaired) electrons. The van der Waals surface area contributed by atoms with E-state index in [4.69, 9.17) is 0 Å². The van der Waals surface area contributed by atoms with Gasteiger partial charge in [-0.05, 0) is 24.3 Å². The molecule has 0 saturated heterocycles. The van der Waals surface area contributed by atoms with E-state index in [1.54, 1.807) is 0 Å². The molecule has 0 spiro atoms. The maximum absolute atomic E-state index is 14.9. The van der Waals surface area contributed by atoms with Crippen molar-refractivity contribution < 1.29 is 35.1 Å². The normalized spacial score (nSPS) is 15.0. The molecule has 142 valence electrons. The Morgan fingerprint density at radius 3 is 1.31 bits per heavy atom. The predicted octanol–water partition coefficient (Wildman–Crippen LogP) is 6.43. The van der Waals surface area contributed by atoms with Crippen molar-refractivity contribution in [3.63, 3.8) is 0 Å². The van der Waals surface area contributed by atoms with Crippen LogP contribution in [0.2, 0.25) is 0 Å². The van der Waals surface area contributed by atoms with E-state index in [9.17, 15) is 35.1 Å². The lowest BCUT2D eigenvalue weighted by molar-refractivity contribution is -0.385. The van der Waals surface area contributed by atoms with Gasteiger partial charge in [0.15, 0.2) is 0 Å². The number of halogens is 8. The topological polar surface area (TPSA) is 0 Å². The molecule has 0 saturated carbocycles. The third kappa shape index (κ3) is 2.74. The highest BCUT2D eigenvalue weighted by atomic mass is 19.4. The average Bonchev–Trinajstić information content (AvgIpc) is 2.55. The zero-order valence-electron chi connectivity index (χ0n) is 13.3. The molecule has 0 aliphatic heterocycles. The fraction of sp³-hybridized carbons (Fsp3) is 0.294.